The van der Waals surface area contributed by atoms with Gasteiger partial charge in [-0.1, -0.05) is 44.0 Å². The summed E-state index contributed by atoms with van der Waals surface area (Å²) in [7, 11) is 0. The van der Waals surface area contributed by atoms with Crippen molar-refractivity contribution in [3.05, 3.63) is 70.0 Å². The normalized spacial score (nSPS) is 22.8. The maximum atomic E-state index is 13.2. The fourth-order valence-corrected chi connectivity index (χ4v) is 4.92. The van der Waals surface area contributed by atoms with Gasteiger partial charge in [-0.05, 0) is 90.3 Å². The minimum atomic E-state index is -0.134. The van der Waals surface area contributed by atoms with E-state index >= 15 is 0 Å². The van der Waals surface area contributed by atoms with E-state index < -0.39 is 0 Å². The topological polar surface area (TPSA) is 0 Å². The molecule has 2 aromatic carbocycles. The molecule has 0 amide bonds. The average Bonchev–Trinajstić information content (AvgIpc) is 2.62. The first-order valence-electron chi connectivity index (χ1n) is 9.62. The van der Waals surface area contributed by atoms with Crippen LogP contribution in [0, 0.1) is 11.7 Å². The van der Waals surface area contributed by atoms with Crippen LogP contribution in [0.15, 0.2) is 36.4 Å². The molecule has 1 heteroatoms. The molecule has 2 unspecified atom stereocenters. The molecule has 2 aromatic rings. The zero-order chi connectivity index (χ0) is 16.5. The zero-order valence-corrected chi connectivity index (χ0v) is 14.7. The van der Waals surface area contributed by atoms with Crippen LogP contribution >= 0.6 is 0 Å². The summed E-state index contributed by atoms with van der Waals surface area (Å²) in [5.41, 5.74) is 7.79. The monoisotopic (exact) mass is 322 g/mol. The molecule has 0 spiro atoms. The first kappa shape index (κ1) is 15.9. The summed E-state index contributed by atoms with van der Waals surface area (Å²) in [6.45, 7) is 2.30. The van der Waals surface area contributed by atoms with Crippen molar-refractivity contribution < 1.29 is 4.39 Å². The highest BCUT2D eigenvalue weighted by Crippen LogP contribution is 2.38. The summed E-state index contributed by atoms with van der Waals surface area (Å²) in [4.78, 5) is 0. The molecule has 2 atom stereocenters. The summed E-state index contributed by atoms with van der Waals surface area (Å²) in [6, 6.07) is 11.9. The standard InChI is InChI=1S/C23H27F/c1-2-3-16-4-12-22-19(14-16)5-6-20-15-18(9-13-23(20)22)17-7-10-21(24)11-8-17/h5-8,10-11,16,18H,2-4,9,12-15H2,1H3. The largest absolute Gasteiger partial charge is 0.207 e. The molecule has 126 valence electrons. The molecular formula is C23H27F. The van der Waals surface area contributed by atoms with Crippen molar-refractivity contribution in [3.63, 3.8) is 0 Å². The van der Waals surface area contributed by atoms with Crippen LogP contribution in [0.1, 0.15) is 66.3 Å². The van der Waals surface area contributed by atoms with E-state index in [4.69, 9.17) is 0 Å². The zero-order valence-electron chi connectivity index (χ0n) is 14.7. The van der Waals surface area contributed by atoms with Crippen molar-refractivity contribution in [2.45, 2.75) is 64.2 Å². The summed E-state index contributed by atoms with van der Waals surface area (Å²) < 4.78 is 13.2. The highest BCUT2D eigenvalue weighted by atomic mass is 19.1. The third kappa shape index (κ3) is 3.01. The maximum absolute atomic E-state index is 13.2. The number of halogens is 1. The van der Waals surface area contributed by atoms with Crippen LogP contribution in [0.2, 0.25) is 0 Å². The molecule has 0 saturated heterocycles. The van der Waals surface area contributed by atoms with Gasteiger partial charge in [-0.2, -0.15) is 0 Å². The van der Waals surface area contributed by atoms with E-state index in [1.165, 1.54) is 50.5 Å². The van der Waals surface area contributed by atoms with Gasteiger partial charge in [0.1, 0.15) is 5.82 Å². The van der Waals surface area contributed by atoms with Gasteiger partial charge in [-0.15, -0.1) is 0 Å². The second-order valence-electron chi connectivity index (χ2n) is 7.73. The minimum absolute atomic E-state index is 0.134. The van der Waals surface area contributed by atoms with Crippen molar-refractivity contribution in [2.75, 3.05) is 0 Å². The lowest BCUT2D eigenvalue weighted by Gasteiger charge is -2.32. The van der Waals surface area contributed by atoms with E-state index in [2.05, 4.69) is 19.1 Å². The molecule has 24 heavy (non-hydrogen) atoms. The minimum Gasteiger partial charge on any atom is -0.207 e. The van der Waals surface area contributed by atoms with E-state index in [1.54, 1.807) is 34.4 Å². The van der Waals surface area contributed by atoms with Crippen molar-refractivity contribution in [1.82, 2.24) is 0 Å². The van der Waals surface area contributed by atoms with Crippen LogP contribution in [0.25, 0.3) is 0 Å². The highest BCUT2D eigenvalue weighted by Gasteiger charge is 2.26. The van der Waals surface area contributed by atoms with E-state index in [1.807, 2.05) is 12.1 Å². The smallest absolute Gasteiger partial charge is 0.123 e. The molecule has 0 aliphatic heterocycles. The third-order valence-electron chi connectivity index (χ3n) is 6.18. The van der Waals surface area contributed by atoms with Gasteiger partial charge in [0.25, 0.3) is 0 Å². The molecule has 0 nitrogen and oxygen atoms in total. The van der Waals surface area contributed by atoms with Gasteiger partial charge in [0, 0.05) is 0 Å². The lowest BCUT2D eigenvalue weighted by Crippen LogP contribution is -2.20. The first-order valence-corrected chi connectivity index (χ1v) is 9.62. The summed E-state index contributed by atoms with van der Waals surface area (Å²) in [5, 5.41) is 0. The maximum Gasteiger partial charge on any atom is 0.123 e. The highest BCUT2D eigenvalue weighted by molar-refractivity contribution is 5.45. The van der Waals surface area contributed by atoms with E-state index in [-0.39, 0.29) is 5.82 Å². The summed E-state index contributed by atoms with van der Waals surface area (Å²) >= 11 is 0. The fourth-order valence-electron chi connectivity index (χ4n) is 4.92. The quantitative estimate of drug-likeness (QED) is 0.650. The van der Waals surface area contributed by atoms with E-state index in [0.717, 1.165) is 12.3 Å². The predicted molar refractivity (Wildman–Crippen MR) is 98.0 cm³/mol. The molecule has 2 aliphatic rings. The van der Waals surface area contributed by atoms with Crippen LogP contribution in [0.5, 0.6) is 0 Å². The van der Waals surface area contributed by atoms with Crippen molar-refractivity contribution in [2.24, 2.45) is 5.92 Å². The van der Waals surface area contributed by atoms with Gasteiger partial charge in [0.15, 0.2) is 0 Å². The molecule has 0 aromatic heterocycles. The van der Waals surface area contributed by atoms with Crippen molar-refractivity contribution >= 4 is 0 Å². The Hall–Kier alpha value is -1.63. The number of fused-ring (bicyclic) bond motifs is 3. The van der Waals surface area contributed by atoms with Crippen LogP contribution in [-0.4, -0.2) is 0 Å². The summed E-state index contributed by atoms with van der Waals surface area (Å²) in [5.74, 6) is 1.31. The molecule has 0 bridgehead atoms. The fraction of sp³-hybridized carbons (Fsp3) is 0.478. The predicted octanol–water partition coefficient (Wildman–Crippen LogP) is 6.00. The molecule has 4 rings (SSSR count). The molecular weight excluding hydrogens is 295 g/mol. The van der Waals surface area contributed by atoms with Gasteiger partial charge in [0.05, 0.1) is 0 Å². The Bertz CT molecular complexity index is 714. The Morgan fingerprint density at radius 1 is 0.875 bits per heavy atom. The molecule has 0 N–H and O–H groups in total. The molecule has 0 heterocycles. The molecule has 2 aliphatic carbocycles. The van der Waals surface area contributed by atoms with Gasteiger partial charge in [-0.3, -0.25) is 0 Å². The van der Waals surface area contributed by atoms with Crippen LogP contribution < -0.4 is 0 Å². The van der Waals surface area contributed by atoms with Gasteiger partial charge in [0.2, 0.25) is 0 Å². The van der Waals surface area contributed by atoms with Crippen molar-refractivity contribution in [1.29, 1.82) is 0 Å². The lowest BCUT2D eigenvalue weighted by molar-refractivity contribution is 0.419. The number of rotatable bonds is 3. The molecule has 0 fully saturated rings. The lowest BCUT2D eigenvalue weighted by atomic mass is 9.73. The third-order valence-corrected chi connectivity index (χ3v) is 6.18. The van der Waals surface area contributed by atoms with Crippen LogP contribution in [0.3, 0.4) is 0 Å². The van der Waals surface area contributed by atoms with Gasteiger partial charge in [-0.25, -0.2) is 4.39 Å². The second-order valence-corrected chi connectivity index (χ2v) is 7.73. The Labute approximate surface area is 145 Å². The summed E-state index contributed by atoms with van der Waals surface area (Å²) in [6.07, 6.45) is 10.1. The second kappa shape index (κ2) is 6.70. The first-order chi connectivity index (χ1) is 11.7. The number of hydrogen-bond donors (Lipinski definition) is 0. The number of benzene rings is 2. The molecule has 0 saturated carbocycles. The van der Waals surface area contributed by atoms with Gasteiger partial charge >= 0.3 is 0 Å². The van der Waals surface area contributed by atoms with E-state index in [9.17, 15) is 4.39 Å². The average molecular weight is 322 g/mol. The Kier molecular flexibility index (Phi) is 4.43. The Balaban J connectivity index is 1.57. The van der Waals surface area contributed by atoms with Crippen molar-refractivity contribution in [3.8, 4) is 0 Å². The van der Waals surface area contributed by atoms with Gasteiger partial charge < -0.3 is 0 Å². The van der Waals surface area contributed by atoms with E-state index in [0.29, 0.717) is 5.92 Å². The Morgan fingerprint density at radius 3 is 2.25 bits per heavy atom. The number of hydrogen-bond acceptors (Lipinski definition) is 0. The Morgan fingerprint density at radius 2 is 1.54 bits per heavy atom. The van der Waals surface area contributed by atoms with Crippen LogP contribution in [-0.2, 0) is 25.7 Å². The SMILES string of the molecule is CCCC1CCc2c(ccc3c2CCC(c2ccc(F)cc2)C3)C1. The van der Waals surface area contributed by atoms with Crippen LogP contribution in [0.4, 0.5) is 4.39 Å². The molecule has 0 radical (unpaired) electrons.